The van der Waals surface area contributed by atoms with Crippen molar-refractivity contribution in [3.8, 4) is 11.1 Å². The van der Waals surface area contributed by atoms with E-state index in [1.807, 2.05) is 0 Å². The standard InChI is InChI=1S/C23H21F3N4O.2ClH/c24-17-6-2-7-18(25)21(17)15-4-1-5-16(22(15)26)23(31)29-19-14-28-10-8-20(19)30-12-3-9-27-11-13-30;;/h1-2,4-8,10,14,27H,3,9,11-13H2,(H,29,31);2*1H. The molecule has 2 heterocycles. The monoisotopic (exact) mass is 498 g/mol. The summed E-state index contributed by atoms with van der Waals surface area (Å²) in [4.78, 5) is 19.1. The molecule has 0 atom stereocenters. The third-order valence-corrected chi connectivity index (χ3v) is 5.20. The number of carbonyl (C=O) groups excluding carboxylic acids is 1. The van der Waals surface area contributed by atoms with E-state index in [4.69, 9.17) is 0 Å². The van der Waals surface area contributed by atoms with E-state index in [0.29, 0.717) is 5.69 Å². The zero-order valence-corrected chi connectivity index (χ0v) is 19.1. The average Bonchev–Trinajstić information content (AvgIpc) is 3.04. The van der Waals surface area contributed by atoms with E-state index in [1.165, 1.54) is 30.5 Å². The molecule has 0 aliphatic carbocycles. The lowest BCUT2D eigenvalue weighted by molar-refractivity contribution is 0.102. The molecule has 2 aromatic carbocycles. The van der Waals surface area contributed by atoms with Gasteiger partial charge in [0.05, 0.1) is 28.7 Å². The molecule has 3 aromatic rings. The minimum Gasteiger partial charge on any atom is -0.368 e. The van der Waals surface area contributed by atoms with Gasteiger partial charge in [-0.15, -0.1) is 24.8 Å². The largest absolute Gasteiger partial charge is 0.368 e. The first-order valence-electron chi connectivity index (χ1n) is 10.00. The van der Waals surface area contributed by atoms with E-state index in [1.54, 1.807) is 12.3 Å². The fraction of sp³-hybridized carbons (Fsp3) is 0.217. The summed E-state index contributed by atoms with van der Waals surface area (Å²) >= 11 is 0. The van der Waals surface area contributed by atoms with Crippen molar-refractivity contribution in [3.05, 3.63) is 77.9 Å². The van der Waals surface area contributed by atoms with Crippen LogP contribution in [0.3, 0.4) is 0 Å². The van der Waals surface area contributed by atoms with Crippen LogP contribution in [0.2, 0.25) is 0 Å². The second-order valence-corrected chi connectivity index (χ2v) is 7.20. The normalized spacial score (nSPS) is 13.4. The zero-order valence-electron chi connectivity index (χ0n) is 17.5. The number of nitrogens with one attached hydrogen (secondary N) is 2. The summed E-state index contributed by atoms with van der Waals surface area (Å²) in [7, 11) is 0. The molecule has 1 aromatic heterocycles. The van der Waals surface area contributed by atoms with Crippen molar-refractivity contribution in [3.63, 3.8) is 0 Å². The van der Waals surface area contributed by atoms with Crippen LogP contribution in [0.1, 0.15) is 16.8 Å². The van der Waals surface area contributed by atoms with Gasteiger partial charge in [-0.05, 0) is 37.2 Å². The molecule has 1 amide bonds. The first kappa shape index (κ1) is 26.4. The Balaban J connectivity index is 0.00000193. The number of anilines is 2. The van der Waals surface area contributed by atoms with Gasteiger partial charge in [-0.3, -0.25) is 9.78 Å². The van der Waals surface area contributed by atoms with E-state index in [-0.39, 0.29) is 35.9 Å². The lowest BCUT2D eigenvalue weighted by Gasteiger charge is -2.25. The minimum atomic E-state index is -0.992. The van der Waals surface area contributed by atoms with Crippen molar-refractivity contribution >= 4 is 42.1 Å². The van der Waals surface area contributed by atoms with Gasteiger partial charge in [0.15, 0.2) is 0 Å². The van der Waals surface area contributed by atoms with Gasteiger partial charge >= 0.3 is 0 Å². The van der Waals surface area contributed by atoms with Gasteiger partial charge in [-0.25, -0.2) is 13.2 Å². The van der Waals surface area contributed by atoms with Gasteiger partial charge in [0.25, 0.3) is 5.91 Å². The fourth-order valence-corrected chi connectivity index (χ4v) is 3.69. The molecule has 176 valence electrons. The summed E-state index contributed by atoms with van der Waals surface area (Å²) in [6.45, 7) is 3.27. The number of nitrogens with zero attached hydrogens (tertiary/aromatic N) is 2. The van der Waals surface area contributed by atoms with E-state index in [2.05, 4.69) is 20.5 Å². The second kappa shape index (κ2) is 11.9. The van der Waals surface area contributed by atoms with E-state index >= 15 is 4.39 Å². The van der Waals surface area contributed by atoms with Crippen LogP contribution < -0.4 is 15.5 Å². The molecular weight excluding hydrogens is 476 g/mol. The quantitative estimate of drug-likeness (QED) is 0.527. The van der Waals surface area contributed by atoms with Gasteiger partial charge < -0.3 is 15.5 Å². The van der Waals surface area contributed by atoms with Crippen molar-refractivity contribution in [2.45, 2.75) is 6.42 Å². The van der Waals surface area contributed by atoms with Crippen molar-refractivity contribution in [1.82, 2.24) is 10.3 Å². The number of hydrogen-bond donors (Lipinski definition) is 2. The molecule has 0 saturated carbocycles. The fourth-order valence-electron chi connectivity index (χ4n) is 3.69. The van der Waals surface area contributed by atoms with Crippen molar-refractivity contribution in [1.29, 1.82) is 0 Å². The molecule has 1 fully saturated rings. The Kier molecular flexibility index (Phi) is 9.52. The lowest BCUT2D eigenvalue weighted by atomic mass is 10.0. The number of carbonyl (C=O) groups is 1. The van der Waals surface area contributed by atoms with Crippen LogP contribution in [-0.4, -0.2) is 37.1 Å². The molecule has 5 nitrogen and oxygen atoms in total. The van der Waals surface area contributed by atoms with E-state index in [0.717, 1.165) is 50.4 Å². The predicted molar refractivity (Wildman–Crippen MR) is 128 cm³/mol. The Morgan fingerprint density at radius 3 is 2.45 bits per heavy atom. The van der Waals surface area contributed by atoms with Crippen LogP contribution in [0, 0.1) is 17.5 Å². The highest BCUT2D eigenvalue weighted by Crippen LogP contribution is 2.31. The van der Waals surface area contributed by atoms with Gasteiger partial charge in [0, 0.05) is 31.4 Å². The molecule has 4 rings (SSSR count). The molecule has 1 saturated heterocycles. The Bertz CT molecular complexity index is 1090. The number of rotatable bonds is 4. The van der Waals surface area contributed by atoms with Gasteiger partial charge in [-0.1, -0.05) is 18.2 Å². The number of pyridine rings is 1. The van der Waals surface area contributed by atoms with E-state index < -0.39 is 28.9 Å². The number of aromatic nitrogens is 1. The van der Waals surface area contributed by atoms with Crippen LogP contribution in [0.4, 0.5) is 24.5 Å². The van der Waals surface area contributed by atoms with Gasteiger partial charge in [-0.2, -0.15) is 0 Å². The molecule has 2 N–H and O–H groups in total. The van der Waals surface area contributed by atoms with Crippen LogP contribution >= 0.6 is 24.8 Å². The Morgan fingerprint density at radius 1 is 0.970 bits per heavy atom. The van der Waals surface area contributed by atoms with Crippen LogP contribution in [0.25, 0.3) is 11.1 Å². The summed E-state index contributed by atoms with van der Waals surface area (Å²) in [6.07, 6.45) is 4.08. The number of amides is 1. The number of benzene rings is 2. The summed E-state index contributed by atoms with van der Waals surface area (Å²) in [5.74, 6) is -3.52. The summed E-state index contributed by atoms with van der Waals surface area (Å²) < 4.78 is 43.5. The van der Waals surface area contributed by atoms with Crippen molar-refractivity contribution in [2.75, 3.05) is 36.4 Å². The third-order valence-electron chi connectivity index (χ3n) is 5.20. The van der Waals surface area contributed by atoms with Crippen LogP contribution in [-0.2, 0) is 0 Å². The number of halogens is 5. The predicted octanol–water partition coefficient (Wildman–Crippen LogP) is 5.06. The van der Waals surface area contributed by atoms with Crippen LogP contribution in [0.15, 0.2) is 54.9 Å². The maximum atomic E-state index is 15.2. The first-order chi connectivity index (χ1) is 15.1. The highest BCUT2D eigenvalue weighted by Gasteiger charge is 2.22. The van der Waals surface area contributed by atoms with Crippen molar-refractivity contribution < 1.29 is 18.0 Å². The third kappa shape index (κ3) is 5.76. The highest BCUT2D eigenvalue weighted by atomic mass is 35.5. The first-order valence-corrected chi connectivity index (χ1v) is 10.00. The lowest BCUT2D eigenvalue weighted by Crippen LogP contribution is -2.29. The molecule has 10 heteroatoms. The van der Waals surface area contributed by atoms with E-state index in [9.17, 15) is 13.6 Å². The summed E-state index contributed by atoms with van der Waals surface area (Å²) in [5, 5.41) is 6.02. The number of hydrogen-bond acceptors (Lipinski definition) is 4. The topological polar surface area (TPSA) is 57.3 Å². The van der Waals surface area contributed by atoms with Crippen molar-refractivity contribution in [2.24, 2.45) is 0 Å². The second-order valence-electron chi connectivity index (χ2n) is 7.20. The SMILES string of the molecule is Cl.Cl.O=C(Nc1cnccc1N1CCCNCC1)c1cccc(-c2c(F)cccc2F)c1F. The van der Waals surface area contributed by atoms with Gasteiger partial charge in [0.1, 0.15) is 17.5 Å². The average molecular weight is 499 g/mol. The Labute approximate surface area is 202 Å². The molecule has 0 bridgehead atoms. The molecule has 1 aliphatic heterocycles. The molecule has 0 unspecified atom stereocenters. The minimum absolute atomic E-state index is 0. The molecular formula is C23H23Cl2F3N4O. The Morgan fingerprint density at radius 2 is 1.70 bits per heavy atom. The smallest absolute Gasteiger partial charge is 0.258 e. The Hall–Kier alpha value is -2.81. The molecule has 1 aliphatic rings. The summed E-state index contributed by atoms with van der Waals surface area (Å²) in [5.41, 5.74) is 0.0922. The van der Waals surface area contributed by atoms with Gasteiger partial charge in [0.2, 0.25) is 0 Å². The maximum Gasteiger partial charge on any atom is 0.258 e. The molecule has 0 spiro atoms. The molecule has 33 heavy (non-hydrogen) atoms. The molecule has 0 radical (unpaired) electrons. The van der Waals surface area contributed by atoms with Crippen LogP contribution in [0.5, 0.6) is 0 Å². The summed E-state index contributed by atoms with van der Waals surface area (Å²) in [6, 6.07) is 8.99. The highest BCUT2D eigenvalue weighted by molar-refractivity contribution is 6.06. The zero-order chi connectivity index (χ0) is 21.8. The maximum absolute atomic E-state index is 15.2.